The third-order valence-corrected chi connectivity index (χ3v) is 7.11. The molecule has 2 aromatic carbocycles. The molecule has 0 radical (unpaired) electrons. The number of likely N-dealkylation sites (tertiary alicyclic amines) is 1. The maximum absolute atomic E-state index is 13.3. The maximum atomic E-state index is 13.3. The number of benzene rings is 2. The first-order chi connectivity index (χ1) is 17.1. The van der Waals surface area contributed by atoms with E-state index >= 15 is 0 Å². The van der Waals surface area contributed by atoms with Crippen molar-refractivity contribution in [3.05, 3.63) is 69.8 Å². The van der Waals surface area contributed by atoms with Crippen LogP contribution in [-0.4, -0.2) is 73.1 Å². The van der Waals surface area contributed by atoms with Gasteiger partial charge in [0.15, 0.2) is 0 Å². The number of Topliss-reactive ketones (excluding diaryl/α,β-unsaturated/α-hetero) is 1. The molecule has 0 saturated carbocycles. The number of carbonyl (C=O) groups is 2. The van der Waals surface area contributed by atoms with Crippen molar-refractivity contribution in [2.24, 2.45) is 0 Å². The van der Waals surface area contributed by atoms with Gasteiger partial charge in [-0.25, -0.2) is 0 Å². The largest absolute Gasteiger partial charge is 0.507 e. The van der Waals surface area contributed by atoms with Crippen LogP contribution in [0.4, 0.5) is 0 Å². The van der Waals surface area contributed by atoms with E-state index in [4.69, 9.17) is 21.1 Å². The smallest absolute Gasteiger partial charge is 0.295 e. The molecule has 2 heterocycles. The average molecular weight is 513 g/mol. The van der Waals surface area contributed by atoms with Gasteiger partial charge in [0, 0.05) is 31.7 Å². The van der Waals surface area contributed by atoms with Gasteiger partial charge < -0.3 is 19.5 Å². The van der Waals surface area contributed by atoms with Crippen LogP contribution < -0.4 is 4.74 Å². The van der Waals surface area contributed by atoms with E-state index in [9.17, 15) is 14.7 Å². The molecule has 2 aliphatic heterocycles. The SMILES string of the molecule is COc1ccc(/C(O)=C2/C(=O)C(=O)N(CCN3CCOCC3)C2c2ccc(C(C)(C)C)cc2)cc1Cl. The normalized spacial score (nSPS) is 20.7. The summed E-state index contributed by atoms with van der Waals surface area (Å²) in [5, 5.41) is 11.6. The van der Waals surface area contributed by atoms with E-state index in [-0.39, 0.29) is 16.7 Å². The standard InChI is InChI=1S/C28H33ClN2O5/c1-28(2,3)20-8-5-18(6-9-20)24-23(25(32)19-7-10-22(35-4)21(29)17-19)26(33)27(34)31(24)12-11-30-13-15-36-16-14-30/h5-10,17,24,32H,11-16H2,1-4H3/b25-23-. The van der Waals surface area contributed by atoms with Gasteiger partial charge in [-0.05, 0) is 34.7 Å². The second-order valence-corrected chi connectivity index (χ2v) is 10.6. The fourth-order valence-corrected chi connectivity index (χ4v) is 4.92. The van der Waals surface area contributed by atoms with E-state index in [1.165, 1.54) is 13.2 Å². The zero-order chi connectivity index (χ0) is 26.0. The van der Waals surface area contributed by atoms with Crippen LogP contribution in [0.5, 0.6) is 5.75 Å². The maximum Gasteiger partial charge on any atom is 0.295 e. The summed E-state index contributed by atoms with van der Waals surface area (Å²) in [5.74, 6) is -1.12. The van der Waals surface area contributed by atoms with Crippen LogP contribution in [0.3, 0.4) is 0 Å². The molecule has 4 rings (SSSR count). The number of ether oxygens (including phenoxy) is 2. The highest BCUT2D eigenvalue weighted by Gasteiger charge is 2.46. The fraction of sp³-hybridized carbons (Fsp3) is 0.429. The van der Waals surface area contributed by atoms with E-state index in [0.29, 0.717) is 42.6 Å². The summed E-state index contributed by atoms with van der Waals surface area (Å²) >= 11 is 6.29. The van der Waals surface area contributed by atoms with E-state index in [1.54, 1.807) is 17.0 Å². The van der Waals surface area contributed by atoms with Gasteiger partial charge in [0.2, 0.25) is 0 Å². The Labute approximate surface area is 217 Å². The van der Waals surface area contributed by atoms with Crippen molar-refractivity contribution in [2.75, 3.05) is 46.5 Å². The topological polar surface area (TPSA) is 79.3 Å². The molecule has 7 nitrogen and oxygen atoms in total. The zero-order valence-electron chi connectivity index (χ0n) is 21.2. The number of amides is 1. The van der Waals surface area contributed by atoms with Gasteiger partial charge in [-0.3, -0.25) is 14.5 Å². The number of hydrogen-bond acceptors (Lipinski definition) is 6. The van der Waals surface area contributed by atoms with Gasteiger partial charge in [0.25, 0.3) is 11.7 Å². The van der Waals surface area contributed by atoms with Crippen LogP contribution in [0.1, 0.15) is 43.5 Å². The second-order valence-electron chi connectivity index (χ2n) is 10.2. The molecule has 2 fully saturated rings. The molecule has 1 atom stereocenters. The molecule has 0 spiro atoms. The van der Waals surface area contributed by atoms with Crippen LogP contribution >= 0.6 is 11.6 Å². The molecule has 192 valence electrons. The molecular weight excluding hydrogens is 480 g/mol. The van der Waals surface area contributed by atoms with E-state index in [0.717, 1.165) is 24.2 Å². The molecular formula is C28H33ClN2O5. The Morgan fingerprint density at radius 3 is 2.33 bits per heavy atom. The molecule has 1 unspecified atom stereocenters. The molecule has 2 aromatic rings. The summed E-state index contributed by atoms with van der Waals surface area (Å²) in [6.07, 6.45) is 0. The van der Waals surface area contributed by atoms with Crippen molar-refractivity contribution in [1.29, 1.82) is 0 Å². The van der Waals surface area contributed by atoms with Gasteiger partial charge in [0.1, 0.15) is 11.5 Å². The van der Waals surface area contributed by atoms with Crippen molar-refractivity contribution in [3.8, 4) is 5.75 Å². The van der Waals surface area contributed by atoms with Crippen LogP contribution in [0.2, 0.25) is 5.02 Å². The minimum atomic E-state index is -0.707. The number of aliphatic hydroxyl groups excluding tert-OH is 1. The van der Waals surface area contributed by atoms with Crippen molar-refractivity contribution in [1.82, 2.24) is 9.80 Å². The Kier molecular flexibility index (Phi) is 7.73. The molecule has 0 bridgehead atoms. The summed E-state index contributed by atoms with van der Waals surface area (Å²) in [4.78, 5) is 30.3. The fourth-order valence-electron chi connectivity index (χ4n) is 4.67. The first-order valence-electron chi connectivity index (χ1n) is 12.1. The van der Waals surface area contributed by atoms with Gasteiger partial charge >= 0.3 is 0 Å². The van der Waals surface area contributed by atoms with E-state index < -0.39 is 17.7 Å². The Balaban J connectivity index is 1.76. The predicted octanol–water partition coefficient (Wildman–Crippen LogP) is 4.40. The minimum Gasteiger partial charge on any atom is -0.507 e. The lowest BCUT2D eigenvalue weighted by molar-refractivity contribution is -0.140. The number of rotatable bonds is 6. The van der Waals surface area contributed by atoms with Crippen molar-refractivity contribution in [2.45, 2.75) is 32.2 Å². The molecule has 2 saturated heterocycles. The Morgan fingerprint density at radius 2 is 1.75 bits per heavy atom. The van der Waals surface area contributed by atoms with E-state index in [2.05, 4.69) is 25.7 Å². The quantitative estimate of drug-likeness (QED) is 0.351. The number of hydrogen-bond donors (Lipinski definition) is 1. The number of methoxy groups -OCH3 is 1. The summed E-state index contributed by atoms with van der Waals surface area (Å²) in [5.41, 5.74) is 2.27. The van der Waals surface area contributed by atoms with Crippen LogP contribution in [0.15, 0.2) is 48.0 Å². The monoisotopic (exact) mass is 512 g/mol. The summed E-state index contributed by atoms with van der Waals surface area (Å²) < 4.78 is 10.6. The third-order valence-electron chi connectivity index (χ3n) is 6.82. The highest BCUT2D eigenvalue weighted by atomic mass is 35.5. The Hall–Kier alpha value is -2.87. The highest BCUT2D eigenvalue weighted by Crippen LogP contribution is 2.40. The number of morpholine rings is 1. The van der Waals surface area contributed by atoms with Gasteiger partial charge in [0.05, 0.1) is 37.0 Å². The first kappa shape index (κ1) is 26.2. The lowest BCUT2D eigenvalue weighted by atomic mass is 9.85. The predicted molar refractivity (Wildman–Crippen MR) is 139 cm³/mol. The van der Waals surface area contributed by atoms with Gasteiger partial charge in [-0.15, -0.1) is 0 Å². The summed E-state index contributed by atoms with van der Waals surface area (Å²) in [7, 11) is 1.50. The molecule has 1 N–H and O–H groups in total. The zero-order valence-corrected chi connectivity index (χ0v) is 22.0. The molecule has 0 aromatic heterocycles. The lowest BCUT2D eigenvalue weighted by Gasteiger charge is -2.31. The van der Waals surface area contributed by atoms with Crippen LogP contribution in [0.25, 0.3) is 5.76 Å². The lowest BCUT2D eigenvalue weighted by Crippen LogP contribution is -2.42. The number of carbonyl (C=O) groups excluding carboxylic acids is 2. The van der Waals surface area contributed by atoms with Crippen molar-refractivity contribution >= 4 is 29.1 Å². The summed E-state index contributed by atoms with van der Waals surface area (Å²) in [6, 6.07) is 12.0. The van der Waals surface area contributed by atoms with Crippen LogP contribution in [0, 0.1) is 0 Å². The number of aliphatic hydroxyl groups is 1. The molecule has 8 heteroatoms. The number of nitrogens with zero attached hydrogens (tertiary/aromatic N) is 2. The van der Waals surface area contributed by atoms with Gasteiger partial charge in [-0.2, -0.15) is 0 Å². The molecule has 1 amide bonds. The minimum absolute atomic E-state index is 0.0451. The van der Waals surface area contributed by atoms with Gasteiger partial charge in [-0.1, -0.05) is 56.6 Å². The average Bonchev–Trinajstić information content (AvgIpc) is 3.12. The van der Waals surface area contributed by atoms with Crippen molar-refractivity contribution in [3.63, 3.8) is 0 Å². The number of ketones is 1. The second kappa shape index (κ2) is 10.6. The van der Waals surface area contributed by atoms with Crippen LogP contribution in [-0.2, 0) is 19.7 Å². The highest BCUT2D eigenvalue weighted by molar-refractivity contribution is 6.46. The van der Waals surface area contributed by atoms with Crippen molar-refractivity contribution < 1.29 is 24.2 Å². The summed E-state index contributed by atoms with van der Waals surface area (Å²) in [6.45, 7) is 10.2. The third kappa shape index (κ3) is 5.28. The first-order valence-corrected chi connectivity index (χ1v) is 12.5. The Morgan fingerprint density at radius 1 is 1.08 bits per heavy atom. The number of halogens is 1. The molecule has 2 aliphatic rings. The van der Waals surface area contributed by atoms with E-state index in [1.807, 2.05) is 24.3 Å². The Bertz CT molecular complexity index is 1160. The molecule has 36 heavy (non-hydrogen) atoms. The molecule has 0 aliphatic carbocycles.